The number of aliphatic hydroxyl groups excluding tert-OH is 1. The second-order valence-electron chi connectivity index (χ2n) is 13.2. The zero-order valence-electron chi connectivity index (χ0n) is 28.9. The second-order valence-corrected chi connectivity index (χ2v) is 13.2. The first-order valence-electron chi connectivity index (χ1n) is 17.6. The monoisotopic (exact) mass is 684 g/mol. The molecular formula is C37H56N4O8. The zero-order chi connectivity index (χ0) is 35.8. The lowest BCUT2D eigenvalue weighted by Gasteiger charge is -2.42. The first-order valence-corrected chi connectivity index (χ1v) is 17.6. The van der Waals surface area contributed by atoms with Crippen LogP contribution in [0.1, 0.15) is 90.0 Å². The molecule has 12 heteroatoms. The quantitative estimate of drug-likeness (QED) is 0.0795. The SMILES string of the molecule is CCCCCCCCOc1ccc(NC(=O)C(CCCN)NC(=O)C2(O)CC(O)C(C)C(OC(=O)C(N)CCc3ccc(O)cc3)C2)cc1. The van der Waals surface area contributed by atoms with Gasteiger partial charge < -0.3 is 46.9 Å². The van der Waals surface area contributed by atoms with Gasteiger partial charge in [0.1, 0.15) is 35.3 Å². The summed E-state index contributed by atoms with van der Waals surface area (Å²) in [6.07, 6.45) is 5.68. The molecule has 0 aliphatic heterocycles. The Bertz CT molecular complexity index is 1310. The van der Waals surface area contributed by atoms with E-state index in [9.17, 15) is 29.7 Å². The number of phenolic OH excluding ortho intramolecular Hbond substituents is 1. The summed E-state index contributed by atoms with van der Waals surface area (Å²) < 4.78 is 11.5. The van der Waals surface area contributed by atoms with E-state index in [0.717, 1.165) is 18.4 Å². The van der Waals surface area contributed by atoms with Crippen LogP contribution in [0.3, 0.4) is 0 Å². The Labute approximate surface area is 289 Å². The Morgan fingerprint density at radius 2 is 1.63 bits per heavy atom. The number of rotatable bonds is 20. The van der Waals surface area contributed by atoms with E-state index in [1.165, 1.54) is 25.7 Å². The van der Waals surface area contributed by atoms with Crippen molar-refractivity contribution in [3.63, 3.8) is 0 Å². The lowest BCUT2D eigenvalue weighted by atomic mass is 9.75. The van der Waals surface area contributed by atoms with Crippen molar-refractivity contribution < 1.29 is 39.2 Å². The number of unbranched alkanes of at least 4 members (excludes halogenated alkanes) is 5. The van der Waals surface area contributed by atoms with E-state index in [1.807, 2.05) is 0 Å². The van der Waals surface area contributed by atoms with Crippen LogP contribution in [0.2, 0.25) is 0 Å². The highest BCUT2D eigenvalue weighted by molar-refractivity contribution is 5.98. The maximum Gasteiger partial charge on any atom is 0.323 e. The number of ether oxygens (including phenoxy) is 2. The number of nitrogens with one attached hydrogen (secondary N) is 2. The topological polar surface area (TPSA) is 206 Å². The molecule has 1 fully saturated rings. The second kappa shape index (κ2) is 20.1. The molecule has 2 aromatic carbocycles. The van der Waals surface area contributed by atoms with Gasteiger partial charge in [0.2, 0.25) is 5.91 Å². The van der Waals surface area contributed by atoms with Crippen molar-refractivity contribution in [1.29, 1.82) is 0 Å². The van der Waals surface area contributed by atoms with Crippen LogP contribution in [-0.4, -0.2) is 76.1 Å². The van der Waals surface area contributed by atoms with Gasteiger partial charge in [0, 0.05) is 24.4 Å². The van der Waals surface area contributed by atoms with Crippen LogP contribution in [-0.2, 0) is 25.5 Å². The fourth-order valence-corrected chi connectivity index (χ4v) is 5.87. The van der Waals surface area contributed by atoms with Crippen molar-refractivity contribution in [2.45, 2.75) is 121 Å². The van der Waals surface area contributed by atoms with E-state index >= 15 is 0 Å². The summed E-state index contributed by atoms with van der Waals surface area (Å²) in [7, 11) is 0. The largest absolute Gasteiger partial charge is 0.508 e. The van der Waals surface area contributed by atoms with Gasteiger partial charge in [-0.25, -0.2) is 0 Å². The summed E-state index contributed by atoms with van der Waals surface area (Å²) in [5.41, 5.74) is 11.1. The summed E-state index contributed by atoms with van der Waals surface area (Å²) in [6, 6.07) is 11.5. The molecule has 2 aromatic rings. The molecule has 3 rings (SSSR count). The number of anilines is 1. The van der Waals surface area contributed by atoms with Gasteiger partial charge in [0.15, 0.2) is 0 Å². The number of aromatic hydroxyl groups is 1. The number of carbonyl (C=O) groups is 3. The van der Waals surface area contributed by atoms with E-state index in [2.05, 4.69) is 17.6 Å². The fraction of sp³-hybridized carbons (Fsp3) is 0.595. The number of aliphatic hydroxyl groups is 2. The third kappa shape index (κ3) is 12.9. The van der Waals surface area contributed by atoms with Crippen molar-refractivity contribution in [3.8, 4) is 11.5 Å². The van der Waals surface area contributed by atoms with Crippen molar-refractivity contribution >= 4 is 23.5 Å². The molecule has 0 aromatic heterocycles. The Morgan fingerprint density at radius 3 is 2.31 bits per heavy atom. The Kier molecular flexibility index (Phi) is 16.3. The number of hydrogen-bond acceptors (Lipinski definition) is 10. The predicted octanol–water partition coefficient (Wildman–Crippen LogP) is 3.69. The number of carbonyl (C=O) groups excluding carboxylic acids is 3. The number of nitrogens with two attached hydrogens (primary N) is 2. The molecule has 12 nitrogen and oxygen atoms in total. The van der Waals surface area contributed by atoms with Crippen LogP contribution in [0.5, 0.6) is 11.5 Å². The van der Waals surface area contributed by atoms with Crippen LogP contribution in [0.15, 0.2) is 48.5 Å². The van der Waals surface area contributed by atoms with E-state index in [4.69, 9.17) is 20.9 Å². The standard InChI is InChI=1S/C37H56N4O8/c1-3-4-5-6-7-8-22-48-29-18-14-27(15-19-29)40-34(44)31(10-9-21-38)41-36(46)37(47)23-32(43)25(2)33(24-37)49-35(45)30(39)20-13-26-11-16-28(42)17-12-26/h11-12,14-19,25,30-33,42-43,47H,3-10,13,20-24,38-39H2,1-2H3,(H,40,44)(H,41,46). The predicted molar refractivity (Wildman–Crippen MR) is 188 cm³/mol. The first kappa shape index (κ1) is 39.7. The molecule has 2 amide bonds. The minimum Gasteiger partial charge on any atom is -0.508 e. The van der Waals surface area contributed by atoms with Gasteiger partial charge in [-0.1, -0.05) is 58.1 Å². The van der Waals surface area contributed by atoms with Crippen LogP contribution in [0.4, 0.5) is 5.69 Å². The zero-order valence-corrected chi connectivity index (χ0v) is 28.9. The molecule has 0 saturated heterocycles. The van der Waals surface area contributed by atoms with E-state index in [0.29, 0.717) is 30.9 Å². The highest BCUT2D eigenvalue weighted by Crippen LogP contribution is 2.35. The number of aryl methyl sites for hydroxylation is 1. The molecule has 6 atom stereocenters. The molecule has 1 aliphatic carbocycles. The van der Waals surface area contributed by atoms with E-state index < -0.39 is 53.6 Å². The average Bonchev–Trinajstić information content (AvgIpc) is 3.08. The smallest absolute Gasteiger partial charge is 0.323 e. The van der Waals surface area contributed by atoms with Crippen LogP contribution in [0.25, 0.3) is 0 Å². The first-order chi connectivity index (χ1) is 23.4. The average molecular weight is 685 g/mol. The van der Waals surface area contributed by atoms with E-state index in [-0.39, 0.29) is 38.0 Å². The number of esters is 1. The third-order valence-corrected chi connectivity index (χ3v) is 9.16. The van der Waals surface area contributed by atoms with E-state index in [1.54, 1.807) is 55.5 Å². The summed E-state index contributed by atoms with van der Waals surface area (Å²) >= 11 is 0. The highest BCUT2D eigenvalue weighted by Gasteiger charge is 2.50. The summed E-state index contributed by atoms with van der Waals surface area (Å²) in [4.78, 5) is 39.7. The number of amides is 2. The molecule has 49 heavy (non-hydrogen) atoms. The normalized spacial score (nSPS) is 21.7. The number of benzene rings is 2. The molecule has 0 heterocycles. The Balaban J connectivity index is 1.56. The maximum absolute atomic E-state index is 13.5. The van der Waals surface area contributed by atoms with Gasteiger partial charge in [-0.15, -0.1) is 0 Å². The summed E-state index contributed by atoms with van der Waals surface area (Å²) in [5, 5.41) is 37.2. The number of hydrogen-bond donors (Lipinski definition) is 7. The molecule has 9 N–H and O–H groups in total. The van der Waals surface area contributed by atoms with Crippen LogP contribution in [0, 0.1) is 5.92 Å². The van der Waals surface area contributed by atoms with Crippen LogP contribution >= 0.6 is 0 Å². The van der Waals surface area contributed by atoms with Crippen molar-refractivity contribution in [1.82, 2.24) is 5.32 Å². The van der Waals surface area contributed by atoms with Crippen molar-refractivity contribution in [3.05, 3.63) is 54.1 Å². The molecule has 272 valence electrons. The van der Waals surface area contributed by atoms with Gasteiger partial charge in [-0.05, 0) is 80.6 Å². The molecule has 1 aliphatic rings. The minimum absolute atomic E-state index is 0.134. The molecule has 0 radical (unpaired) electrons. The lowest BCUT2D eigenvalue weighted by molar-refractivity contribution is -0.178. The summed E-state index contributed by atoms with van der Waals surface area (Å²) in [5.74, 6) is -1.80. The lowest BCUT2D eigenvalue weighted by Crippen LogP contribution is -2.60. The Morgan fingerprint density at radius 1 is 0.959 bits per heavy atom. The minimum atomic E-state index is -2.11. The molecule has 0 bridgehead atoms. The maximum atomic E-state index is 13.5. The molecule has 0 spiro atoms. The Hall–Kier alpha value is -3.71. The molecule has 1 saturated carbocycles. The van der Waals surface area contributed by atoms with Crippen LogP contribution < -0.4 is 26.8 Å². The van der Waals surface area contributed by atoms with Gasteiger partial charge in [-0.3, -0.25) is 14.4 Å². The van der Waals surface area contributed by atoms with Gasteiger partial charge in [0.05, 0.1) is 12.7 Å². The van der Waals surface area contributed by atoms with Crippen molar-refractivity contribution in [2.75, 3.05) is 18.5 Å². The number of phenols is 1. The van der Waals surface area contributed by atoms with Gasteiger partial charge in [0.25, 0.3) is 5.91 Å². The highest BCUT2D eigenvalue weighted by atomic mass is 16.5. The third-order valence-electron chi connectivity index (χ3n) is 9.16. The molecule has 6 unspecified atom stereocenters. The van der Waals surface area contributed by atoms with Gasteiger partial charge in [-0.2, -0.15) is 0 Å². The summed E-state index contributed by atoms with van der Waals surface area (Å²) in [6.45, 7) is 4.77. The van der Waals surface area contributed by atoms with Gasteiger partial charge >= 0.3 is 5.97 Å². The fourth-order valence-electron chi connectivity index (χ4n) is 5.87. The van der Waals surface area contributed by atoms with Crippen molar-refractivity contribution in [2.24, 2.45) is 17.4 Å². The molecular weight excluding hydrogens is 628 g/mol.